The van der Waals surface area contributed by atoms with Gasteiger partial charge >= 0.3 is 0 Å². The third-order valence-electron chi connectivity index (χ3n) is 5.87. The molecule has 0 saturated carbocycles. The summed E-state index contributed by atoms with van der Waals surface area (Å²) in [6.07, 6.45) is 7.21. The summed E-state index contributed by atoms with van der Waals surface area (Å²) in [5.74, 6) is 0.705. The fourth-order valence-corrected chi connectivity index (χ4v) is 3.44. The van der Waals surface area contributed by atoms with Gasteiger partial charge in [0.2, 0.25) is 0 Å². The number of rotatable bonds is 5. The topological polar surface area (TPSA) is 63.3 Å². The normalized spacial score (nSPS) is 12.2. The Kier molecular flexibility index (Phi) is 11.1. The first-order chi connectivity index (χ1) is 15.8. The number of aromatic nitrogens is 1. The number of hydrogen-bond acceptors (Lipinski definition) is 4. The van der Waals surface area contributed by atoms with Crippen LogP contribution < -0.4 is 0 Å². The molecule has 0 unspecified atom stereocenters. The minimum atomic E-state index is -0.417. The Bertz CT molecular complexity index is 1140. The first kappa shape index (κ1) is 30.8. The molecular formula is C30H40IrNO3-. The molecule has 0 amide bonds. The van der Waals surface area contributed by atoms with Gasteiger partial charge in [-0.25, -0.2) is 0 Å². The van der Waals surface area contributed by atoms with Crippen LogP contribution >= 0.6 is 0 Å². The number of aliphatic hydroxyl groups is 1. The van der Waals surface area contributed by atoms with Gasteiger partial charge in [0.25, 0.3) is 0 Å². The van der Waals surface area contributed by atoms with Crippen LogP contribution in [0.3, 0.4) is 0 Å². The number of carbonyl (C=O) groups excluding carboxylic acids is 1. The standard InChI is InChI=1S/C19H20NO.C11H20O2.Ir/c1-4-14(5-2)16-8-13(3)9-17(10-16)18-11-19-15(12-20-18)6-7-21-19;1-10(2,3)8(12)7-9(13)11(4,5)6;/h6-8,10-12,14H,4-5H2,1-3H3;7,12H,1-6H3;/q-1;;/b;8-7-;. The van der Waals surface area contributed by atoms with Gasteiger partial charge in [0.15, 0.2) is 5.78 Å². The van der Waals surface area contributed by atoms with Gasteiger partial charge in [-0.2, -0.15) is 0 Å². The van der Waals surface area contributed by atoms with E-state index in [1.165, 1.54) is 11.6 Å². The molecule has 1 aromatic carbocycles. The van der Waals surface area contributed by atoms with Gasteiger partial charge in [-0.15, -0.1) is 34.9 Å². The molecule has 0 fully saturated rings. The number of fused-ring (bicyclic) bond motifs is 1. The molecule has 193 valence electrons. The molecule has 2 aromatic heterocycles. The van der Waals surface area contributed by atoms with Crippen LogP contribution in [0.5, 0.6) is 0 Å². The average molecular weight is 655 g/mol. The molecule has 3 aromatic rings. The summed E-state index contributed by atoms with van der Waals surface area (Å²) < 4.78 is 5.48. The van der Waals surface area contributed by atoms with E-state index in [-0.39, 0.29) is 37.1 Å². The number of aryl methyl sites for hydroxylation is 1. The molecule has 2 heterocycles. The first-order valence-corrected chi connectivity index (χ1v) is 12.1. The maximum Gasteiger partial charge on any atom is 0.164 e. The van der Waals surface area contributed by atoms with Gasteiger partial charge in [-0.3, -0.25) is 4.79 Å². The van der Waals surface area contributed by atoms with E-state index in [1.54, 1.807) is 6.26 Å². The van der Waals surface area contributed by atoms with Crippen molar-refractivity contribution in [3.8, 4) is 11.3 Å². The number of hydrogen-bond donors (Lipinski definition) is 1. The van der Waals surface area contributed by atoms with Crippen molar-refractivity contribution in [3.05, 3.63) is 65.8 Å². The smallest absolute Gasteiger partial charge is 0.164 e. The van der Waals surface area contributed by atoms with Crippen LogP contribution in [-0.4, -0.2) is 15.9 Å². The number of nitrogens with zero attached hydrogens (tertiary/aromatic N) is 1. The fourth-order valence-electron chi connectivity index (χ4n) is 3.44. The van der Waals surface area contributed by atoms with E-state index in [0.29, 0.717) is 5.92 Å². The Morgan fingerprint density at radius 1 is 1.09 bits per heavy atom. The van der Waals surface area contributed by atoms with Crippen LogP contribution in [0.1, 0.15) is 85.3 Å². The zero-order valence-corrected chi connectivity index (χ0v) is 25.0. The third kappa shape index (κ3) is 8.74. The number of aliphatic hydroxyl groups excluding tert-OH is 1. The molecule has 0 spiro atoms. The average Bonchev–Trinajstić information content (AvgIpc) is 3.21. The summed E-state index contributed by atoms with van der Waals surface area (Å²) in [4.78, 5) is 16.0. The van der Waals surface area contributed by atoms with Gasteiger partial charge in [-0.05, 0) is 23.7 Å². The molecule has 0 saturated heterocycles. The number of pyridine rings is 1. The van der Waals surface area contributed by atoms with Crippen LogP contribution in [0, 0.1) is 23.8 Å². The summed E-state index contributed by atoms with van der Waals surface area (Å²) in [6.45, 7) is 17.7. The third-order valence-corrected chi connectivity index (χ3v) is 5.87. The summed E-state index contributed by atoms with van der Waals surface area (Å²) >= 11 is 0. The number of carbonyl (C=O) groups is 1. The van der Waals surface area contributed by atoms with Crippen molar-refractivity contribution in [2.75, 3.05) is 0 Å². The van der Waals surface area contributed by atoms with Crippen LogP contribution in [0.25, 0.3) is 22.2 Å². The second-order valence-electron chi connectivity index (χ2n) is 10.9. The summed E-state index contributed by atoms with van der Waals surface area (Å²) in [6, 6.07) is 11.8. The molecule has 35 heavy (non-hydrogen) atoms. The molecule has 0 bridgehead atoms. The van der Waals surface area contributed by atoms with Crippen LogP contribution in [0.2, 0.25) is 0 Å². The van der Waals surface area contributed by atoms with Crippen LogP contribution in [0.15, 0.2) is 53.0 Å². The molecular weight excluding hydrogens is 615 g/mol. The van der Waals surface area contributed by atoms with Crippen molar-refractivity contribution in [2.45, 2.75) is 81.1 Å². The van der Waals surface area contributed by atoms with E-state index < -0.39 is 5.41 Å². The van der Waals surface area contributed by atoms with Crippen molar-refractivity contribution in [1.29, 1.82) is 0 Å². The van der Waals surface area contributed by atoms with Crippen LogP contribution in [-0.2, 0) is 24.9 Å². The molecule has 4 nitrogen and oxygen atoms in total. The van der Waals surface area contributed by atoms with E-state index in [0.717, 1.165) is 40.6 Å². The maximum atomic E-state index is 11.5. The van der Waals surface area contributed by atoms with E-state index in [4.69, 9.17) is 4.42 Å². The maximum absolute atomic E-state index is 11.5. The summed E-state index contributed by atoms with van der Waals surface area (Å²) in [5.41, 5.74) is 4.63. The van der Waals surface area contributed by atoms with Gasteiger partial charge in [0.05, 0.1) is 6.26 Å². The molecule has 1 radical (unpaired) electrons. The quantitative estimate of drug-likeness (QED) is 0.170. The number of benzene rings is 1. The molecule has 5 heteroatoms. The number of furan rings is 1. The summed E-state index contributed by atoms with van der Waals surface area (Å²) in [5, 5.41) is 10.6. The van der Waals surface area contributed by atoms with Gasteiger partial charge < -0.3 is 14.5 Å². The summed E-state index contributed by atoms with van der Waals surface area (Å²) in [7, 11) is 0. The van der Waals surface area contributed by atoms with E-state index in [1.807, 2.05) is 59.9 Å². The monoisotopic (exact) mass is 655 g/mol. The Hall–Kier alpha value is -2.23. The van der Waals surface area contributed by atoms with Crippen molar-refractivity contribution in [2.24, 2.45) is 10.8 Å². The second kappa shape index (κ2) is 12.6. The predicted octanol–water partition coefficient (Wildman–Crippen LogP) is 8.59. The van der Waals surface area contributed by atoms with Crippen molar-refractivity contribution < 1.29 is 34.4 Å². The van der Waals surface area contributed by atoms with Crippen molar-refractivity contribution in [1.82, 2.24) is 4.98 Å². The van der Waals surface area contributed by atoms with Gasteiger partial charge in [0, 0.05) is 48.6 Å². The molecule has 0 aliphatic rings. The number of ketones is 1. The molecule has 0 aliphatic heterocycles. The fraction of sp³-hybridized carbons (Fsp3) is 0.467. The first-order valence-electron chi connectivity index (χ1n) is 12.1. The van der Waals surface area contributed by atoms with Crippen molar-refractivity contribution >= 4 is 16.8 Å². The van der Waals surface area contributed by atoms with Gasteiger partial charge in [-0.1, -0.05) is 75.2 Å². The molecule has 1 N–H and O–H groups in total. The second-order valence-corrected chi connectivity index (χ2v) is 10.9. The Balaban J connectivity index is 0.000000383. The van der Waals surface area contributed by atoms with E-state index in [9.17, 15) is 9.90 Å². The van der Waals surface area contributed by atoms with Crippen LogP contribution in [0.4, 0.5) is 0 Å². The molecule has 0 atom stereocenters. The minimum Gasteiger partial charge on any atom is -0.512 e. The largest absolute Gasteiger partial charge is 0.512 e. The zero-order chi connectivity index (χ0) is 25.7. The predicted molar refractivity (Wildman–Crippen MR) is 141 cm³/mol. The van der Waals surface area contributed by atoms with E-state index in [2.05, 4.69) is 44.0 Å². The molecule has 0 aliphatic carbocycles. The Morgan fingerprint density at radius 2 is 1.71 bits per heavy atom. The SMILES string of the molecule is CC(C)(C)C(=O)/C=C(\O)C(C)(C)C.CCC(CC)c1cc(C)[c-]c(-c2cc3occc3cn2)c1.[Ir]. The van der Waals surface area contributed by atoms with E-state index >= 15 is 0 Å². The molecule has 3 rings (SSSR count). The van der Waals surface area contributed by atoms with Crippen molar-refractivity contribution in [3.63, 3.8) is 0 Å². The zero-order valence-electron chi connectivity index (χ0n) is 22.6. The Morgan fingerprint density at radius 3 is 2.26 bits per heavy atom. The Labute approximate surface area is 224 Å². The van der Waals surface area contributed by atoms with Gasteiger partial charge in [0.1, 0.15) is 11.3 Å². The number of allylic oxidation sites excluding steroid dienone is 2. The minimum absolute atomic E-state index is 0.